The highest BCUT2D eigenvalue weighted by molar-refractivity contribution is 5.81. The van der Waals surface area contributed by atoms with Crippen LogP contribution >= 0.6 is 0 Å². The molecule has 2 aromatic carbocycles. The molecule has 1 atom stereocenters. The fourth-order valence-corrected chi connectivity index (χ4v) is 3.42. The molecule has 1 amide bonds. The molecule has 2 aromatic rings. The van der Waals surface area contributed by atoms with Gasteiger partial charge in [-0.2, -0.15) is 0 Å². The lowest BCUT2D eigenvalue weighted by molar-refractivity contribution is -0.139. The van der Waals surface area contributed by atoms with Gasteiger partial charge in [-0.3, -0.25) is 4.79 Å². The number of nitrogens with zero attached hydrogens (tertiary/aromatic N) is 2. The number of rotatable bonds is 5. The smallest absolute Gasteiger partial charge is 0.263 e. The van der Waals surface area contributed by atoms with Gasteiger partial charge >= 0.3 is 0 Å². The van der Waals surface area contributed by atoms with Crippen LogP contribution in [0.4, 0.5) is 5.69 Å². The number of hydrogen-bond donors (Lipinski definition) is 0. The minimum atomic E-state index is -0.417. The zero-order valence-electron chi connectivity index (χ0n) is 15.9. The summed E-state index contributed by atoms with van der Waals surface area (Å²) in [5.74, 6) is 0.902. The van der Waals surface area contributed by atoms with E-state index in [1.165, 1.54) is 11.3 Å². The summed E-state index contributed by atoms with van der Waals surface area (Å²) in [5, 5.41) is 0. The van der Waals surface area contributed by atoms with Crippen molar-refractivity contribution in [2.45, 2.75) is 33.3 Å². The second-order valence-corrected chi connectivity index (χ2v) is 6.93. The lowest BCUT2D eigenvalue weighted by Gasteiger charge is -2.37. The number of amides is 1. The molecular weight excluding hydrogens is 324 g/mol. The van der Waals surface area contributed by atoms with Crippen molar-refractivity contribution in [1.82, 2.24) is 4.90 Å². The fourth-order valence-electron chi connectivity index (χ4n) is 3.42. The SMILES string of the molecule is CC[C@H](Oc1ccc(C)cc1C)C(=O)N1CCN(c2ccccc2)CC1. The van der Waals surface area contributed by atoms with Crippen LogP contribution in [0, 0.1) is 13.8 Å². The van der Waals surface area contributed by atoms with E-state index in [9.17, 15) is 4.79 Å². The number of benzene rings is 2. The van der Waals surface area contributed by atoms with Gasteiger partial charge in [-0.25, -0.2) is 0 Å². The van der Waals surface area contributed by atoms with Gasteiger partial charge in [-0.1, -0.05) is 42.8 Å². The number of carbonyl (C=O) groups is 1. The van der Waals surface area contributed by atoms with Gasteiger partial charge in [0.2, 0.25) is 0 Å². The quantitative estimate of drug-likeness (QED) is 0.820. The molecule has 0 bridgehead atoms. The van der Waals surface area contributed by atoms with Gasteiger partial charge < -0.3 is 14.5 Å². The van der Waals surface area contributed by atoms with Crippen LogP contribution in [-0.4, -0.2) is 43.1 Å². The number of aryl methyl sites for hydroxylation is 2. The monoisotopic (exact) mass is 352 g/mol. The van der Waals surface area contributed by atoms with Crippen LogP contribution < -0.4 is 9.64 Å². The first-order valence-electron chi connectivity index (χ1n) is 9.41. The first kappa shape index (κ1) is 18.3. The van der Waals surface area contributed by atoms with Crippen molar-refractivity contribution >= 4 is 11.6 Å². The molecule has 0 spiro atoms. The summed E-state index contributed by atoms with van der Waals surface area (Å²) in [6, 6.07) is 16.5. The number of hydrogen-bond acceptors (Lipinski definition) is 3. The Morgan fingerprint density at radius 3 is 2.35 bits per heavy atom. The van der Waals surface area contributed by atoms with Crippen molar-refractivity contribution in [2.75, 3.05) is 31.1 Å². The number of anilines is 1. The van der Waals surface area contributed by atoms with Gasteiger partial charge in [-0.15, -0.1) is 0 Å². The Bertz CT molecular complexity index is 737. The molecule has 0 aliphatic carbocycles. The number of ether oxygens (including phenoxy) is 1. The molecule has 1 fully saturated rings. The summed E-state index contributed by atoms with van der Waals surface area (Å²) in [5.41, 5.74) is 3.49. The molecular formula is C22H28N2O2. The molecule has 26 heavy (non-hydrogen) atoms. The zero-order valence-corrected chi connectivity index (χ0v) is 15.9. The second-order valence-electron chi connectivity index (χ2n) is 6.93. The van der Waals surface area contributed by atoms with E-state index in [-0.39, 0.29) is 5.91 Å². The van der Waals surface area contributed by atoms with Crippen LogP contribution in [0.15, 0.2) is 48.5 Å². The van der Waals surface area contributed by atoms with Crippen molar-refractivity contribution in [3.8, 4) is 5.75 Å². The minimum Gasteiger partial charge on any atom is -0.480 e. The van der Waals surface area contributed by atoms with Gasteiger partial charge in [-0.05, 0) is 44.0 Å². The van der Waals surface area contributed by atoms with Crippen molar-refractivity contribution in [1.29, 1.82) is 0 Å². The van der Waals surface area contributed by atoms with E-state index >= 15 is 0 Å². The average molecular weight is 352 g/mol. The molecule has 4 heteroatoms. The molecule has 1 heterocycles. The Labute approximate surface area is 156 Å². The van der Waals surface area contributed by atoms with Gasteiger partial charge in [0.05, 0.1) is 0 Å². The standard InChI is InChI=1S/C22H28N2O2/c1-4-20(26-21-11-10-17(2)16-18(21)3)22(25)24-14-12-23(13-15-24)19-8-6-5-7-9-19/h5-11,16,20H,4,12-15H2,1-3H3/t20-/m0/s1. The summed E-state index contributed by atoms with van der Waals surface area (Å²) in [6.45, 7) is 9.28. The molecule has 1 aliphatic heterocycles. The summed E-state index contributed by atoms with van der Waals surface area (Å²) in [4.78, 5) is 17.2. The summed E-state index contributed by atoms with van der Waals surface area (Å²) < 4.78 is 6.07. The van der Waals surface area contributed by atoms with Crippen molar-refractivity contribution in [3.63, 3.8) is 0 Å². The van der Waals surface area contributed by atoms with E-state index in [4.69, 9.17) is 4.74 Å². The van der Waals surface area contributed by atoms with Gasteiger partial charge in [0, 0.05) is 31.9 Å². The molecule has 0 aromatic heterocycles. The molecule has 0 saturated carbocycles. The average Bonchev–Trinajstić information content (AvgIpc) is 2.68. The molecule has 0 radical (unpaired) electrons. The van der Waals surface area contributed by atoms with Crippen LogP contribution in [0.5, 0.6) is 5.75 Å². The van der Waals surface area contributed by atoms with Crippen LogP contribution in [0.2, 0.25) is 0 Å². The molecule has 138 valence electrons. The predicted octanol–water partition coefficient (Wildman–Crippen LogP) is 3.81. The Morgan fingerprint density at radius 1 is 1.04 bits per heavy atom. The third-order valence-corrected chi connectivity index (χ3v) is 4.96. The maximum absolute atomic E-state index is 12.9. The third kappa shape index (κ3) is 4.18. The largest absolute Gasteiger partial charge is 0.480 e. The van der Waals surface area contributed by atoms with Crippen molar-refractivity contribution in [2.24, 2.45) is 0 Å². The van der Waals surface area contributed by atoms with E-state index in [0.29, 0.717) is 6.42 Å². The van der Waals surface area contributed by atoms with E-state index in [1.807, 2.05) is 36.9 Å². The lowest BCUT2D eigenvalue weighted by Crippen LogP contribution is -2.52. The molecule has 0 unspecified atom stereocenters. The Balaban J connectivity index is 1.61. The molecule has 1 aliphatic rings. The Kier molecular flexibility index (Phi) is 5.82. The number of piperazine rings is 1. The lowest BCUT2D eigenvalue weighted by atomic mass is 10.1. The first-order valence-corrected chi connectivity index (χ1v) is 9.41. The minimum absolute atomic E-state index is 0.0974. The summed E-state index contributed by atoms with van der Waals surface area (Å²) in [6.07, 6.45) is 0.255. The molecule has 1 saturated heterocycles. The maximum atomic E-state index is 12.9. The van der Waals surface area contributed by atoms with Crippen LogP contribution in [-0.2, 0) is 4.79 Å². The first-order chi connectivity index (χ1) is 12.6. The molecule has 4 nitrogen and oxygen atoms in total. The second kappa shape index (κ2) is 8.26. The Morgan fingerprint density at radius 2 is 1.73 bits per heavy atom. The van der Waals surface area contributed by atoms with E-state index in [1.54, 1.807) is 0 Å². The molecule has 3 rings (SSSR count). The van der Waals surface area contributed by atoms with E-state index in [0.717, 1.165) is 37.5 Å². The van der Waals surface area contributed by atoms with Crippen LogP contribution in [0.3, 0.4) is 0 Å². The topological polar surface area (TPSA) is 32.8 Å². The highest BCUT2D eigenvalue weighted by Crippen LogP contribution is 2.22. The highest BCUT2D eigenvalue weighted by atomic mass is 16.5. The number of carbonyl (C=O) groups excluding carboxylic acids is 1. The van der Waals surface area contributed by atoms with Crippen LogP contribution in [0.25, 0.3) is 0 Å². The fraction of sp³-hybridized carbons (Fsp3) is 0.409. The van der Waals surface area contributed by atoms with Gasteiger partial charge in [0.25, 0.3) is 5.91 Å². The van der Waals surface area contributed by atoms with Gasteiger partial charge in [0.1, 0.15) is 5.75 Å². The summed E-state index contributed by atoms with van der Waals surface area (Å²) in [7, 11) is 0. The van der Waals surface area contributed by atoms with Crippen molar-refractivity contribution < 1.29 is 9.53 Å². The third-order valence-electron chi connectivity index (χ3n) is 4.96. The highest BCUT2D eigenvalue weighted by Gasteiger charge is 2.28. The zero-order chi connectivity index (χ0) is 18.5. The normalized spacial score (nSPS) is 15.7. The van der Waals surface area contributed by atoms with E-state index in [2.05, 4.69) is 42.2 Å². The van der Waals surface area contributed by atoms with E-state index < -0.39 is 6.10 Å². The predicted molar refractivity (Wildman–Crippen MR) is 106 cm³/mol. The van der Waals surface area contributed by atoms with Gasteiger partial charge in [0.15, 0.2) is 6.10 Å². The van der Waals surface area contributed by atoms with Crippen molar-refractivity contribution in [3.05, 3.63) is 59.7 Å². The number of para-hydroxylation sites is 1. The van der Waals surface area contributed by atoms with Crippen LogP contribution in [0.1, 0.15) is 24.5 Å². The maximum Gasteiger partial charge on any atom is 0.263 e. The molecule has 0 N–H and O–H groups in total. The Hall–Kier alpha value is -2.49. The summed E-state index contributed by atoms with van der Waals surface area (Å²) >= 11 is 0.